The Labute approximate surface area is 151 Å². The standard InChI is InChI=1S/C16H21N3O6S/c20-15(17-10-16(21)19-11-1-2-11)5-6-18-26(22,23)12-3-4-13-14(9-12)25-8-7-24-13/h3-4,9,11,18H,1-2,5-8,10H2,(H,17,20)(H,19,21). The lowest BCUT2D eigenvalue weighted by Gasteiger charge is -2.18. The summed E-state index contributed by atoms with van der Waals surface area (Å²) in [5.74, 6) is 0.233. The second kappa shape index (κ2) is 7.92. The summed E-state index contributed by atoms with van der Waals surface area (Å²) in [5.41, 5.74) is 0. The van der Waals surface area contributed by atoms with Crippen LogP contribution in [0, 0.1) is 0 Å². The van der Waals surface area contributed by atoms with Crippen LogP contribution >= 0.6 is 0 Å². The van der Waals surface area contributed by atoms with Gasteiger partial charge in [0.05, 0.1) is 11.4 Å². The highest BCUT2D eigenvalue weighted by molar-refractivity contribution is 7.89. The van der Waals surface area contributed by atoms with Crippen LogP contribution in [0.3, 0.4) is 0 Å². The zero-order valence-corrected chi connectivity index (χ0v) is 14.9. The van der Waals surface area contributed by atoms with Crippen molar-refractivity contribution < 1.29 is 27.5 Å². The molecule has 1 aromatic rings. The number of fused-ring (bicyclic) bond motifs is 1. The van der Waals surface area contributed by atoms with Crippen LogP contribution < -0.4 is 24.8 Å². The summed E-state index contributed by atoms with van der Waals surface area (Å²) in [5, 5.41) is 5.21. The van der Waals surface area contributed by atoms with E-state index >= 15 is 0 Å². The van der Waals surface area contributed by atoms with Crippen molar-refractivity contribution in [2.24, 2.45) is 0 Å². The lowest BCUT2D eigenvalue weighted by Crippen LogP contribution is -2.39. The summed E-state index contributed by atoms with van der Waals surface area (Å²) < 4.78 is 37.7. The summed E-state index contributed by atoms with van der Waals surface area (Å²) in [6, 6.07) is 4.57. The summed E-state index contributed by atoms with van der Waals surface area (Å²) in [6.07, 6.45) is 1.88. The van der Waals surface area contributed by atoms with Gasteiger partial charge < -0.3 is 20.1 Å². The Balaban J connectivity index is 1.44. The molecular weight excluding hydrogens is 362 g/mol. The van der Waals surface area contributed by atoms with Gasteiger partial charge in [-0.2, -0.15) is 0 Å². The molecule has 1 fully saturated rings. The van der Waals surface area contributed by atoms with Gasteiger partial charge in [0.2, 0.25) is 21.8 Å². The number of hydrogen-bond acceptors (Lipinski definition) is 6. The number of amides is 2. The zero-order chi connectivity index (χ0) is 18.6. The maximum absolute atomic E-state index is 12.3. The minimum atomic E-state index is -3.77. The molecule has 2 aliphatic rings. The Bertz CT molecular complexity index is 791. The monoisotopic (exact) mass is 383 g/mol. The van der Waals surface area contributed by atoms with Crippen molar-refractivity contribution in [2.75, 3.05) is 26.3 Å². The van der Waals surface area contributed by atoms with Gasteiger partial charge in [0.25, 0.3) is 0 Å². The molecule has 0 spiro atoms. The lowest BCUT2D eigenvalue weighted by molar-refractivity contribution is -0.126. The van der Waals surface area contributed by atoms with E-state index in [-0.39, 0.29) is 36.4 Å². The fraction of sp³-hybridized carbons (Fsp3) is 0.500. The molecule has 1 aliphatic carbocycles. The Morgan fingerprint density at radius 1 is 1.08 bits per heavy atom. The topological polar surface area (TPSA) is 123 Å². The van der Waals surface area contributed by atoms with Crippen LogP contribution in [0.15, 0.2) is 23.1 Å². The third-order valence-corrected chi connectivity index (χ3v) is 5.32. The van der Waals surface area contributed by atoms with Gasteiger partial charge in [-0.3, -0.25) is 9.59 Å². The van der Waals surface area contributed by atoms with Gasteiger partial charge in [0, 0.05) is 25.1 Å². The van der Waals surface area contributed by atoms with Crippen LogP contribution in [0.5, 0.6) is 11.5 Å². The quantitative estimate of drug-likeness (QED) is 0.557. The molecule has 0 unspecified atom stereocenters. The molecule has 0 bridgehead atoms. The van der Waals surface area contributed by atoms with Gasteiger partial charge in [0.1, 0.15) is 13.2 Å². The third-order valence-electron chi connectivity index (χ3n) is 3.86. The minimum absolute atomic E-state index is 0.0333. The van der Waals surface area contributed by atoms with Gasteiger partial charge in [-0.05, 0) is 25.0 Å². The van der Waals surface area contributed by atoms with E-state index in [0.29, 0.717) is 24.7 Å². The number of nitrogens with one attached hydrogen (secondary N) is 3. The molecular formula is C16H21N3O6S. The molecule has 3 rings (SSSR count). The number of carbonyl (C=O) groups excluding carboxylic acids is 2. The summed E-state index contributed by atoms with van der Waals surface area (Å²) in [7, 11) is -3.77. The van der Waals surface area contributed by atoms with Crippen LogP contribution in [0.25, 0.3) is 0 Å². The molecule has 3 N–H and O–H groups in total. The SMILES string of the molecule is O=C(CCNS(=O)(=O)c1ccc2c(c1)OCCO2)NCC(=O)NC1CC1. The van der Waals surface area contributed by atoms with E-state index in [4.69, 9.17) is 9.47 Å². The Morgan fingerprint density at radius 3 is 2.54 bits per heavy atom. The number of ether oxygens (including phenoxy) is 2. The smallest absolute Gasteiger partial charge is 0.240 e. The molecule has 26 heavy (non-hydrogen) atoms. The van der Waals surface area contributed by atoms with E-state index in [0.717, 1.165) is 12.8 Å². The van der Waals surface area contributed by atoms with E-state index in [2.05, 4.69) is 15.4 Å². The molecule has 0 aromatic heterocycles. The average Bonchev–Trinajstić information content (AvgIpc) is 3.43. The van der Waals surface area contributed by atoms with Crippen LogP contribution in [0.4, 0.5) is 0 Å². The molecule has 0 atom stereocenters. The second-order valence-corrected chi connectivity index (χ2v) is 7.84. The van der Waals surface area contributed by atoms with E-state index in [9.17, 15) is 18.0 Å². The van der Waals surface area contributed by atoms with Gasteiger partial charge in [-0.25, -0.2) is 13.1 Å². The maximum Gasteiger partial charge on any atom is 0.240 e. The largest absolute Gasteiger partial charge is 0.486 e. The van der Waals surface area contributed by atoms with Crippen molar-refractivity contribution in [1.29, 1.82) is 0 Å². The molecule has 1 saturated carbocycles. The van der Waals surface area contributed by atoms with Crippen molar-refractivity contribution in [3.05, 3.63) is 18.2 Å². The average molecular weight is 383 g/mol. The fourth-order valence-corrected chi connectivity index (χ4v) is 3.39. The summed E-state index contributed by atoms with van der Waals surface area (Å²) in [4.78, 5) is 23.2. The predicted molar refractivity (Wildman–Crippen MR) is 91.4 cm³/mol. The van der Waals surface area contributed by atoms with Crippen LogP contribution in [-0.2, 0) is 19.6 Å². The molecule has 0 radical (unpaired) electrons. The number of hydrogen-bond donors (Lipinski definition) is 3. The summed E-state index contributed by atoms with van der Waals surface area (Å²) in [6.45, 7) is 0.598. The predicted octanol–water partition coefficient (Wildman–Crippen LogP) is -0.479. The van der Waals surface area contributed by atoms with Gasteiger partial charge in [-0.15, -0.1) is 0 Å². The number of carbonyl (C=O) groups is 2. The highest BCUT2D eigenvalue weighted by atomic mass is 32.2. The summed E-state index contributed by atoms with van der Waals surface area (Å²) >= 11 is 0. The van der Waals surface area contributed by atoms with E-state index < -0.39 is 15.9 Å². The molecule has 2 amide bonds. The van der Waals surface area contributed by atoms with E-state index in [1.165, 1.54) is 18.2 Å². The van der Waals surface area contributed by atoms with E-state index in [1.54, 1.807) is 0 Å². The number of rotatable bonds is 8. The highest BCUT2D eigenvalue weighted by Gasteiger charge is 2.23. The number of benzene rings is 1. The minimum Gasteiger partial charge on any atom is -0.486 e. The first kappa shape index (κ1) is 18.5. The molecule has 1 aromatic carbocycles. The Morgan fingerprint density at radius 2 is 1.81 bits per heavy atom. The van der Waals surface area contributed by atoms with Crippen molar-refractivity contribution in [3.63, 3.8) is 0 Å². The first-order chi connectivity index (χ1) is 12.4. The molecule has 0 saturated heterocycles. The second-order valence-electron chi connectivity index (χ2n) is 6.07. The first-order valence-corrected chi connectivity index (χ1v) is 9.88. The molecule has 9 nitrogen and oxygen atoms in total. The lowest BCUT2D eigenvalue weighted by atomic mass is 10.3. The normalized spacial score (nSPS) is 16.0. The maximum atomic E-state index is 12.3. The van der Waals surface area contributed by atoms with Gasteiger partial charge in [0.15, 0.2) is 11.5 Å². The van der Waals surface area contributed by atoms with Crippen LogP contribution in [-0.4, -0.2) is 52.6 Å². The van der Waals surface area contributed by atoms with Crippen molar-refractivity contribution in [3.8, 4) is 11.5 Å². The zero-order valence-electron chi connectivity index (χ0n) is 14.1. The highest BCUT2D eigenvalue weighted by Crippen LogP contribution is 2.32. The van der Waals surface area contributed by atoms with Gasteiger partial charge in [-0.1, -0.05) is 0 Å². The van der Waals surface area contributed by atoms with Crippen molar-refractivity contribution in [1.82, 2.24) is 15.4 Å². The molecule has 10 heteroatoms. The van der Waals surface area contributed by atoms with E-state index in [1.807, 2.05) is 0 Å². The fourth-order valence-electron chi connectivity index (χ4n) is 2.35. The third kappa shape index (κ3) is 5.09. The molecule has 142 valence electrons. The van der Waals surface area contributed by atoms with Crippen LogP contribution in [0.2, 0.25) is 0 Å². The Hall–Kier alpha value is -2.33. The first-order valence-electron chi connectivity index (χ1n) is 8.39. The Kier molecular flexibility index (Phi) is 5.62. The van der Waals surface area contributed by atoms with Crippen LogP contribution in [0.1, 0.15) is 19.3 Å². The van der Waals surface area contributed by atoms with Crippen molar-refractivity contribution >= 4 is 21.8 Å². The molecule has 1 aliphatic heterocycles. The molecule has 1 heterocycles. The number of sulfonamides is 1. The van der Waals surface area contributed by atoms with Crippen molar-refractivity contribution in [2.45, 2.75) is 30.2 Å². The van der Waals surface area contributed by atoms with Gasteiger partial charge >= 0.3 is 0 Å².